The van der Waals surface area contributed by atoms with Gasteiger partial charge in [-0.2, -0.15) is 0 Å². The van der Waals surface area contributed by atoms with E-state index in [-0.39, 0.29) is 12.4 Å². The van der Waals surface area contributed by atoms with Crippen LogP contribution in [0.3, 0.4) is 0 Å². The fourth-order valence-corrected chi connectivity index (χ4v) is 1.69. The zero-order valence-corrected chi connectivity index (χ0v) is 10.5. The van der Waals surface area contributed by atoms with E-state index in [0.29, 0.717) is 13.0 Å². The molecule has 94 valence electrons. The van der Waals surface area contributed by atoms with Crippen molar-refractivity contribution >= 4 is 21.7 Å². The first kappa shape index (κ1) is 14.9. The van der Waals surface area contributed by atoms with Gasteiger partial charge in [-0.1, -0.05) is 0 Å². The van der Waals surface area contributed by atoms with Gasteiger partial charge in [0.15, 0.2) is 9.84 Å². The summed E-state index contributed by atoms with van der Waals surface area (Å²) >= 11 is 0. The molecule has 0 fully saturated rings. The highest BCUT2D eigenvalue weighted by Gasteiger charge is 2.15. The summed E-state index contributed by atoms with van der Waals surface area (Å²) in [7, 11) is -0.500. The van der Waals surface area contributed by atoms with E-state index in [0.717, 1.165) is 6.26 Å². The van der Waals surface area contributed by atoms with Crippen molar-refractivity contribution < 1.29 is 22.7 Å². The van der Waals surface area contributed by atoms with Gasteiger partial charge in [0.2, 0.25) is 5.91 Å². The molecule has 0 aliphatic heterocycles. The molecule has 0 atom stereocenters. The number of carbonyl (C=O) groups is 2. The number of ether oxygens (including phenoxy) is 1. The lowest BCUT2D eigenvalue weighted by Gasteiger charge is -2.15. The van der Waals surface area contributed by atoms with Crippen LogP contribution in [0.15, 0.2) is 0 Å². The minimum absolute atomic E-state index is 0.215. The number of hydrogen-bond acceptors (Lipinski definition) is 5. The van der Waals surface area contributed by atoms with Crippen LogP contribution in [0.1, 0.15) is 12.8 Å². The van der Waals surface area contributed by atoms with E-state index in [1.807, 2.05) is 0 Å². The molecule has 6 nitrogen and oxygen atoms in total. The highest BCUT2D eigenvalue weighted by Crippen LogP contribution is 1.97. The van der Waals surface area contributed by atoms with Gasteiger partial charge in [-0.05, 0) is 6.42 Å². The normalized spacial score (nSPS) is 10.9. The molecular formula is C9H17NO5S. The van der Waals surface area contributed by atoms with Gasteiger partial charge in [-0.25, -0.2) is 8.42 Å². The van der Waals surface area contributed by atoms with E-state index >= 15 is 0 Å². The molecule has 0 aliphatic rings. The Balaban J connectivity index is 3.93. The van der Waals surface area contributed by atoms with Gasteiger partial charge < -0.3 is 9.64 Å². The van der Waals surface area contributed by atoms with Gasteiger partial charge in [0.25, 0.3) is 0 Å². The molecular weight excluding hydrogens is 234 g/mol. The predicted molar refractivity (Wildman–Crippen MR) is 58.6 cm³/mol. The number of sulfone groups is 1. The molecule has 0 heterocycles. The lowest BCUT2D eigenvalue weighted by molar-refractivity contribution is -0.141. The molecule has 0 aromatic rings. The Hall–Kier alpha value is -1.11. The van der Waals surface area contributed by atoms with Crippen molar-refractivity contribution in [1.29, 1.82) is 0 Å². The van der Waals surface area contributed by atoms with E-state index in [9.17, 15) is 18.0 Å². The summed E-state index contributed by atoms with van der Waals surface area (Å²) in [5, 5.41) is 0. The van der Waals surface area contributed by atoms with E-state index < -0.39 is 21.5 Å². The van der Waals surface area contributed by atoms with E-state index in [4.69, 9.17) is 0 Å². The largest absolute Gasteiger partial charge is 0.469 e. The first-order chi connectivity index (χ1) is 7.26. The van der Waals surface area contributed by atoms with Crippen LogP contribution in [-0.2, 0) is 24.2 Å². The van der Waals surface area contributed by atoms with Gasteiger partial charge in [0, 0.05) is 26.3 Å². The van der Waals surface area contributed by atoms with Crippen LogP contribution in [-0.4, -0.2) is 57.9 Å². The molecule has 0 bridgehead atoms. The number of esters is 1. The van der Waals surface area contributed by atoms with Crippen LogP contribution in [0.25, 0.3) is 0 Å². The van der Waals surface area contributed by atoms with Crippen molar-refractivity contribution in [3.05, 3.63) is 0 Å². The Morgan fingerprint density at radius 1 is 1.31 bits per heavy atom. The zero-order valence-electron chi connectivity index (χ0n) is 9.73. The summed E-state index contributed by atoms with van der Waals surface area (Å²) < 4.78 is 26.1. The molecule has 0 rings (SSSR count). The van der Waals surface area contributed by atoms with Crippen LogP contribution in [0.2, 0.25) is 0 Å². The average Bonchev–Trinajstić information content (AvgIpc) is 2.14. The summed E-state index contributed by atoms with van der Waals surface area (Å²) in [5.41, 5.74) is 0. The third kappa shape index (κ3) is 7.22. The number of rotatable bonds is 6. The van der Waals surface area contributed by atoms with Crippen molar-refractivity contribution in [2.75, 3.05) is 32.7 Å². The van der Waals surface area contributed by atoms with E-state index in [1.165, 1.54) is 19.1 Å². The minimum atomic E-state index is -3.30. The van der Waals surface area contributed by atoms with Gasteiger partial charge >= 0.3 is 5.97 Å². The quantitative estimate of drug-likeness (QED) is 0.591. The maximum absolute atomic E-state index is 11.3. The monoisotopic (exact) mass is 251 g/mol. The Morgan fingerprint density at radius 3 is 2.31 bits per heavy atom. The molecule has 0 spiro atoms. The number of nitrogens with zero attached hydrogens (tertiary/aromatic N) is 1. The Morgan fingerprint density at radius 2 is 1.88 bits per heavy atom. The molecule has 0 radical (unpaired) electrons. The fourth-order valence-electron chi connectivity index (χ4n) is 1.02. The number of hydrogen-bond donors (Lipinski definition) is 0. The Bertz CT molecular complexity index is 349. The molecule has 1 amide bonds. The highest BCUT2D eigenvalue weighted by molar-refractivity contribution is 7.91. The van der Waals surface area contributed by atoms with Crippen molar-refractivity contribution in [2.24, 2.45) is 0 Å². The van der Waals surface area contributed by atoms with Crippen LogP contribution < -0.4 is 0 Å². The van der Waals surface area contributed by atoms with E-state index in [2.05, 4.69) is 4.74 Å². The second-order valence-electron chi connectivity index (χ2n) is 3.57. The maximum Gasteiger partial charge on any atom is 0.305 e. The van der Waals surface area contributed by atoms with Crippen LogP contribution in [0.5, 0.6) is 0 Å². The molecule has 16 heavy (non-hydrogen) atoms. The summed E-state index contributed by atoms with van der Waals surface area (Å²) in [6.45, 7) is 0.337. The lowest BCUT2D eigenvalue weighted by atomic mass is 10.3. The molecule has 0 aliphatic carbocycles. The van der Waals surface area contributed by atoms with Crippen molar-refractivity contribution in [2.45, 2.75) is 12.8 Å². The van der Waals surface area contributed by atoms with Crippen LogP contribution in [0, 0.1) is 0 Å². The topological polar surface area (TPSA) is 80.8 Å². The smallest absolute Gasteiger partial charge is 0.305 e. The third-order valence-electron chi connectivity index (χ3n) is 1.91. The molecule has 0 saturated carbocycles. The van der Waals surface area contributed by atoms with Crippen LogP contribution in [0.4, 0.5) is 0 Å². The standard InChI is InChI=1S/C9H17NO5S/c1-10(6-4-5-9(12)15-2)8(11)7-16(3,13)14/h4-7H2,1-3H3. The predicted octanol–water partition coefficient (Wildman–Crippen LogP) is -0.557. The SMILES string of the molecule is COC(=O)CCCN(C)C(=O)CS(C)(=O)=O. The second kappa shape index (κ2) is 6.47. The molecule has 0 aromatic heterocycles. The molecule has 0 N–H and O–H groups in total. The van der Waals surface area contributed by atoms with Crippen molar-refractivity contribution in [3.63, 3.8) is 0 Å². The average molecular weight is 251 g/mol. The lowest BCUT2D eigenvalue weighted by Crippen LogP contribution is -2.33. The second-order valence-corrected chi connectivity index (χ2v) is 5.71. The van der Waals surface area contributed by atoms with Crippen molar-refractivity contribution in [1.82, 2.24) is 4.90 Å². The first-order valence-electron chi connectivity index (χ1n) is 4.75. The van der Waals surface area contributed by atoms with E-state index in [1.54, 1.807) is 0 Å². The summed E-state index contributed by atoms with van der Waals surface area (Å²) in [6.07, 6.45) is 1.68. The summed E-state index contributed by atoms with van der Waals surface area (Å²) in [4.78, 5) is 23.4. The Kier molecular flexibility index (Phi) is 6.02. The molecule has 0 aromatic carbocycles. The van der Waals surface area contributed by atoms with Gasteiger partial charge in [-0.15, -0.1) is 0 Å². The van der Waals surface area contributed by atoms with Gasteiger partial charge in [0.05, 0.1) is 7.11 Å². The molecule has 0 saturated heterocycles. The third-order valence-corrected chi connectivity index (χ3v) is 2.68. The summed E-state index contributed by atoms with van der Waals surface area (Å²) in [6, 6.07) is 0. The Labute approximate surface area is 95.5 Å². The van der Waals surface area contributed by atoms with Crippen molar-refractivity contribution in [3.8, 4) is 0 Å². The molecule has 0 unspecified atom stereocenters. The van der Waals surface area contributed by atoms with Gasteiger partial charge in [-0.3, -0.25) is 9.59 Å². The van der Waals surface area contributed by atoms with Crippen LogP contribution >= 0.6 is 0 Å². The zero-order chi connectivity index (χ0) is 12.8. The van der Waals surface area contributed by atoms with Gasteiger partial charge in [0.1, 0.15) is 5.75 Å². The minimum Gasteiger partial charge on any atom is -0.469 e. The summed E-state index contributed by atoms with van der Waals surface area (Å²) in [5.74, 6) is -1.31. The highest BCUT2D eigenvalue weighted by atomic mass is 32.2. The number of amides is 1. The number of methoxy groups -OCH3 is 1. The number of carbonyl (C=O) groups excluding carboxylic acids is 2. The molecule has 7 heteroatoms. The maximum atomic E-state index is 11.3. The fraction of sp³-hybridized carbons (Fsp3) is 0.778. The first-order valence-corrected chi connectivity index (χ1v) is 6.81.